The number of Topliss-reactive ketones (excluding diaryl/α,β-unsaturated/α-hetero) is 1. The lowest BCUT2D eigenvalue weighted by Gasteiger charge is -2.46. The number of hydrogen-bond acceptors (Lipinski definition) is 6. The molecule has 2 heterocycles. The van der Waals surface area contributed by atoms with E-state index in [9.17, 15) is 14.7 Å². The third-order valence-corrected chi connectivity index (χ3v) is 10.1. The zero-order chi connectivity index (χ0) is 28.1. The molecule has 0 saturated heterocycles. The van der Waals surface area contributed by atoms with Crippen LogP contribution in [0.2, 0.25) is 0 Å². The number of ketones is 1. The third-order valence-electron chi connectivity index (χ3n) is 9.35. The highest BCUT2D eigenvalue weighted by Crippen LogP contribution is 2.53. The Balaban J connectivity index is 1.14. The molecule has 0 aliphatic heterocycles. The second kappa shape index (κ2) is 10.6. The molecule has 4 aliphatic rings. The smallest absolute Gasteiger partial charge is 0.326 e. The molecule has 0 unspecified atom stereocenters. The molecule has 8 nitrogen and oxygen atoms in total. The van der Waals surface area contributed by atoms with Crippen molar-refractivity contribution in [2.45, 2.75) is 76.7 Å². The number of imidazole rings is 1. The van der Waals surface area contributed by atoms with Crippen molar-refractivity contribution < 1.29 is 14.7 Å². The molecule has 7 rings (SSSR count). The van der Waals surface area contributed by atoms with Crippen molar-refractivity contribution in [3.05, 3.63) is 58.1 Å². The number of aliphatic carboxylic acids is 1. The van der Waals surface area contributed by atoms with Gasteiger partial charge in [0.15, 0.2) is 11.4 Å². The van der Waals surface area contributed by atoms with Gasteiger partial charge in [-0.25, -0.2) is 14.8 Å². The Morgan fingerprint density at radius 3 is 2.49 bits per heavy atom. The number of anilines is 1. The van der Waals surface area contributed by atoms with Crippen LogP contribution in [0.1, 0.15) is 69.2 Å². The zero-order valence-electron chi connectivity index (χ0n) is 23.2. The fourth-order valence-corrected chi connectivity index (χ4v) is 7.41. The molecule has 3 fully saturated rings. The number of nitrogens with one attached hydrogen (secondary N) is 2. The first-order valence-electron chi connectivity index (χ1n) is 15.1. The van der Waals surface area contributed by atoms with Gasteiger partial charge in [-0.2, -0.15) is 0 Å². The number of carbonyl (C=O) groups excluding carboxylic acids is 1. The Labute approximate surface area is 248 Å². The molecule has 9 heteroatoms. The quantitative estimate of drug-likeness (QED) is 0.245. The Bertz CT molecular complexity index is 1530. The van der Waals surface area contributed by atoms with Crippen LogP contribution in [0.3, 0.4) is 0 Å². The first-order valence-corrected chi connectivity index (χ1v) is 15.9. The van der Waals surface area contributed by atoms with Crippen LogP contribution in [0.15, 0.2) is 46.7 Å². The van der Waals surface area contributed by atoms with Crippen LogP contribution in [-0.4, -0.2) is 44.0 Å². The van der Waals surface area contributed by atoms with Crippen molar-refractivity contribution in [2.24, 2.45) is 17.3 Å². The van der Waals surface area contributed by atoms with Crippen molar-refractivity contribution in [1.29, 1.82) is 0 Å². The number of carboxylic acid groups (broad SMARTS) is 1. The number of carbonyl (C=O) groups is 2. The number of hydrogen-bond donors (Lipinski definition) is 3. The number of nitrogens with zero attached hydrogens (tertiary/aromatic N) is 3. The molecule has 0 bridgehead atoms. The van der Waals surface area contributed by atoms with Crippen molar-refractivity contribution in [2.75, 3.05) is 11.9 Å². The van der Waals surface area contributed by atoms with E-state index >= 15 is 0 Å². The number of rotatable bonds is 11. The van der Waals surface area contributed by atoms with Gasteiger partial charge in [-0.15, -0.1) is 0 Å². The number of benzene rings is 1. The molecule has 2 aromatic heterocycles. The van der Waals surface area contributed by atoms with Gasteiger partial charge in [0.05, 0.1) is 15.6 Å². The van der Waals surface area contributed by atoms with Crippen molar-refractivity contribution >= 4 is 44.5 Å². The van der Waals surface area contributed by atoms with E-state index in [0.29, 0.717) is 16.8 Å². The maximum atomic E-state index is 12.8. The highest BCUT2D eigenvalue weighted by molar-refractivity contribution is 9.12. The summed E-state index contributed by atoms with van der Waals surface area (Å²) in [6.07, 6.45) is 12.9. The Hall–Kier alpha value is -3.20. The second-order valence-electron chi connectivity index (χ2n) is 12.4. The third kappa shape index (κ3) is 5.07. The second-order valence-corrected chi connectivity index (χ2v) is 13.2. The fraction of sp³-hybridized carbons (Fsp3) is 0.500. The SMILES string of the molecule is O=C(O)[C@H](Cc1ccc(-n2c(CC3CC3)nc3c(NCC4CC4)ccnc32)cc1)NC1=C(Br)C(=O)C12CCCCC2. The molecule has 41 heavy (non-hydrogen) atoms. The van der Waals surface area contributed by atoms with Crippen molar-refractivity contribution in [1.82, 2.24) is 19.9 Å². The van der Waals surface area contributed by atoms with Crippen LogP contribution >= 0.6 is 15.9 Å². The maximum Gasteiger partial charge on any atom is 0.326 e. The summed E-state index contributed by atoms with van der Waals surface area (Å²) < 4.78 is 2.68. The molecule has 3 N–H and O–H groups in total. The topological polar surface area (TPSA) is 109 Å². The van der Waals surface area contributed by atoms with Gasteiger partial charge < -0.3 is 15.7 Å². The predicted molar refractivity (Wildman–Crippen MR) is 161 cm³/mol. The Kier molecular flexibility index (Phi) is 6.88. The highest BCUT2D eigenvalue weighted by Gasteiger charge is 2.53. The van der Waals surface area contributed by atoms with Gasteiger partial charge in [0.2, 0.25) is 0 Å². The lowest BCUT2D eigenvalue weighted by Crippen LogP contribution is -2.53. The van der Waals surface area contributed by atoms with Gasteiger partial charge in [0.25, 0.3) is 0 Å². The van der Waals surface area contributed by atoms with E-state index in [4.69, 9.17) is 9.97 Å². The summed E-state index contributed by atoms with van der Waals surface area (Å²) >= 11 is 3.43. The zero-order valence-corrected chi connectivity index (χ0v) is 24.8. The molecule has 3 aromatic rings. The lowest BCUT2D eigenvalue weighted by atomic mass is 9.62. The average molecular weight is 619 g/mol. The van der Waals surface area contributed by atoms with Crippen molar-refractivity contribution in [3.63, 3.8) is 0 Å². The lowest BCUT2D eigenvalue weighted by molar-refractivity contribution is -0.140. The largest absolute Gasteiger partial charge is 0.480 e. The standard InChI is InChI=1S/C32H36BrN5O3/c33-26-28(32(29(26)39)13-2-1-3-14-32)36-24(31(40)41)16-19-8-10-22(11-9-19)38-25(17-20-4-5-20)37-27-23(12-15-34-30(27)38)35-18-21-6-7-21/h8-12,15,20-21,24,36H,1-7,13-14,16-18H2,(H,34,35)(H,40,41)/t24-/m0/s1. The van der Waals surface area contributed by atoms with E-state index in [1.807, 2.05) is 36.5 Å². The number of aromatic nitrogens is 3. The molecule has 0 amide bonds. The summed E-state index contributed by atoms with van der Waals surface area (Å²) in [5, 5.41) is 16.9. The predicted octanol–water partition coefficient (Wildman–Crippen LogP) is 5.92. The van der Waals surface area contributed by atoms with Gasteiger partial charge >= 0.3 is 5.97 Å². The van der Waals surface area contributed by atoms with Gasteiger partial charge in [-0.05, 0) is 90.1 Å². The van der Waals surface area contributed by atoms with E-state index in [2.05, 4.69) is 31.1 Å². The van der Waals surface area contributed by atoms with Crippen LogP contribution < -0.4 is 10.6 Å². The summed E-state index contributed by atoms with van der Waals surface area (Å²) in [4.78, 5) is 34.9. The molecule has 3 saturated carbocycles. The number of fused-ring (bicyclic) bond motifs is 1. The van der Waals surface area contributed by atoms with E-state index in [-0.39, 0.29) is 5.78 Å². The summed E-state index contributed by atoms with van der Waals surface area (Å²) in [5.74, 6) is 1.66. The summed E-state index contributed by atoms with van der Waals surface area (Å²) in [6, 6.07) is 9.29. The molecule has 1 atom stereocenters. The first-order chi connectivity index (χ1) is 19.9. The minimum absolute atomic E-state index is 0.113. The van der Waals surface area contributed by atoms with E-state index in [0.717, 1.165) is 90.6 Å². The minimum Gasteiger partial charge on any atom is -0.480 e. The van der Waals surface area contributed by atoms with Crippen LogP contribution in [0.5, 0.6) is 0 Å². The van der Waals surface area contributed by atoms with Crippen LogP contribution in [0, 0.1) is 17.3 Å². The van der Waals surface area contributed by atoms with Gasteiger partial charge in [-0.1, -0.05) is 31.4 Å². The monoisotopic (exact) mass is 617 g/mol. The fourth-order valence-electron chi connectivity index (χ4n) is 6.54. The average Bonchev–Trinajstić information content (AvgIpc) is 3.93. The normalized spacial score (nSPS) is 20.8. The molecule has 4 aliphatic carbocycles. The van der Waals surface area contributed by atoms with Crippen LogP contribution in [0.25, 0.3) is 16.9 Å². The van der Waals surface area contributed by atoms with Gasteiger partial charge in [0.1, 0.15) is 17.4 Å². The summed E-state index contributed by atoms with van der Waals surface area (Å²) in [6.45, 7) is 0.972. The maximum absolute atomic E-state index is 12.8. The molecule has 214 valence electrons. The summed E-state index contributed by atoms with van der Waals surface area (Å²) in [7, 11) is 0. The molecule has 0 radical (unpaired) electrons. The number of halogens is 1. The Morgan fingerprint density at radius 1 is 1.07 bits per heavy atom. The molecular formula is C32H36BrN5O3. The van der Waals surface area contributed by atoms with Gasteiger partial charge in [0, 0.05) is 37.0 Å². The van der Waals surface area contributed by atoms with Crippen molar-refractivity contribution in [3.8, 4) is 5.69 Å². The Morgan fingerprint density at radius 2 is 1.80 bits per heavy atom. The van der Waals surface area contributed by atoms with Crippen LogP contribution in [0.4, 0.5) is 5.69 Å². The number of allylic oxidation sites excluding steroid dienone is 2. The van der Waals surface area contributed by atoms with Gasteiger partial charge in [-0.3, -0.25) is 9.36 Å². The minimum atomic E-state index is -0.921. The molecule has 1 aromatic carbocycles. The van der Waals surface area contributed by atoms with E-state index < -0.39 is 17.4 Å². The highest BCUT2D eigenvalue weighted by atomic mass is 79.9. The van der Waals surface area contributed by atoms with E-state index in [1.54, 1.807) is 0 Å². The molecule has 1 spiro atoms. The number of pyridine rings is 1. The molecular weight excluding hydrogens is 582 g/mol. The number of carboxylic acids is 1. The van der Waals surface area contributed by atoms with E-state index in [1.165, 1.54) is 25.7 Å². The van der Waals surface area contributed by atoms with Crippen LogP contribution in [-0.2, 0) is 22.4 Å². The first kappa shape index (κ1) is 26.7. The summed E-state index contributed by atoms with van der Waals surface area (Å²) in [5.41, 5.74) is 4.94.